The Morgan fingerprint density at radius 3 is 2.52 bits per heavy atom. The van der Waals surface area contributed by atoms with Crippen molar-refractivity contribution >= 4 is 5.69 Å². The van der Waals surface area contributed by atoms with Gasteiger partial charge in [0.05, 0.1) is 29.6 Å². The predicted molar refractivity (Wildman–Crippen MR) is 125 cm³/mol. The van der Waals surface area contributed by atoms with Crippen LogP contribution in [0.4, 0.5) is 10.1 Å². The molecular formula is C25H29FN4O3. The quantitative estimate of drug-likeness (QED) is 0.595. The molecule has 0 radical (unpaired) electrons. The van der Waals surface area contributed by atoms with Gasteiger partial charge < -0.3 is 19.3 Å². The number of ether oxygens (including phenoxy) is 1. The normalized spacial score (nSPS) is 15.5. The van der Waals surface area contributed by atoms with Crippen LogP contribution in [0.2, 0.25) is 0 Å². The van der Waals surface area contributed by atoms with Crippen LogP contribution < -0.4 is 10.5 Å². The Bertz CT molecular complexity index is 1140. The summed E-state index contributed by atoms with van der Waals surface area (Å²) in [4.78, 5) is 22.2. The summed E-state index contributed by atoms with van der Waals surface area (Å²) in [6.45, 7) is 4.93. The topological polar surface area (TPSA) is 70.8 Å². The van der Waals surface area contributed by atoms with Crippen LogP contribution in [0.25, 0.3) is 0 Å². The van der Waals surface area contributed by atoms with Gasteiger partial charge in [-0.15, -0.1) is 0 Å². The van der Waals surface area contributed by atoms with Crippen molar-refractivity contribution in [2.24, 2.45) is 0 Å². The van der Waals surface area contributed by atoms with Crippen molar-refractivity contribution in [3.8, 4) is 5.75 Å². The highest BCUT2D eigenvalue weighted by atomic mass is 19.1. The molecule has 0 saturated carbocycles. The third-order valence-electron chi connectivity index (χ3n) is 6.16. The minimum Gasteiger partial charge on any atom is -0.507 e. The predicted octanol–water partition coefficient (Wildman–Crippen LogP) is 2.95. The highest BCUT2D eigenvalue weighted by Gasteiger charge is 2.32. The lowest BCUT2D eigenvalue weighted by Crippen LogP contribution is -2.49. The largest absolute Gasteiger partial charge is 0.507 e. The number of aromatic hydroxyl groups is 1. The SMILES string of the molecule is COCCn1c(C)cc(O)c([C@@H](c2ccccn2)N2CCN(c3ccccc3F)CC2)c1=O. The van der Waals surface area contributed by atoms with E-state index in [1.165, 1.54) is 6.07 Å². The maximum atomic E-state index is 14.3. The van der Waals surface area contributed by atoms with Crippen molar-refractivity contribution in [1.82, 2.24) is 14.5 Å². The van der Waals surface area contributed by atoms with Crippen molar-refractivity contribution in [1.29, 1.82) is 0 Å². The number of anilines is 1. The fourth-order valence-corrected chi connectivity index (χ4v) is 4.47. The van der Waals surface area contributed by atoms with Crippen molar-refractivity contribution in [2.75, 3.05) is 44.8 Å². The van der Waals surface area contributed by atoms with E-state index in [2.05, 4.69) is 9.88 Å². The van der Waals surface area contributed by atoms with Crippen LogP contribution in [0.5, 0.6) is 5.75 Å². The average Bonchev–Trinajstić information content (AvgIpc) is 2.83. The lowest BCUT2D eigenvalue weighted by atomic mass is 9.99. The number of nitrogens with zero attached hydrogens (tertiary/aromatic N) is 4. The van der Waals surface area contributed by atoms with E-state index >= 15 is 0 Å². The average molecular weight is 453 g/mol. The van der Waals surface area contributed by atoms with Crippen LogP contribution in [0.3, 0.4) is 0 Å². The summed E-state index contributed by atoms with van der Waals surface area (Å²) in [5.41, 5.74) is 1.98. The molecule has 7 nitrogen and oxygen atoms in total. The molecule has 1 saturated heterocycles. The fraction of sp³-hybridized carbons (Fsp3) is 0.360. The van der Waals surface area contributed by atoms with E-state index < -0.39 is 6.04 Å². The van der Waals surface area contributed by atoms with Gasteiger partial charge in [-0.05, 0) is 37.3 Å². The number of hydrogen-bond acceptors (Lipinski definition) is 6. The second-order valence-electron chi connectivity index (χ2n) is 8.17. The first-order chi connectivity index (χ1) is 16.0. The van der Waals surface area contributed by atoms with Crippen LogP contribution in [0.1, 0.15) is 23.0 Å². The van der Waals surface area contributed by atoms with Crippen LogP contribution in [-0.4, -0.2) is 59.5 Å². The molecule has 0 amide bonds. The van der Waals surface area contributed by atoms with E-state index in [1.807, 2.05) is 29.2 Å². The maximum absolute atomic E-state index is 14.3. The number of benzene rings is 1. The number of aryl methyl sites for hydroxylation is 1. The molecule has 1 aromatic carbocycles. The van der Waals surface area contributed by atoms with Gasteiger partial charge in [0.25, 0.3) is 5.56 Å². The van der Waals surface area contributed by atoms with Crippen LogP contribution >= 0.6 is 0 Å². The van der Waals surface area contributed by atoms with Gasteiger partial charge in [0.2, 0.25) is 0 Å². The molecule has 8 heteroatoms. The van der Waals surface area contributed by atoms with E-state index in [9.17, 15) is 14.3 Å². The Morgan fingerprint density at radius 1 is 1.12 bits per heavy atom. The van der Waals surface area contributed by atoms with E-state index in [0.29, 0.717) is 62.0 Å². The number of hydrogen-bond donors (Lipinski definition) is 1. The lowest BCUT2D eigenvalue weighted by Gasteiger charge is -2.40. The minimum atomic E-state index is -0.518. The number of para-hydroxylation sites is 1. The highest BCUT2D eigenvalue weighted by Crippen LogP contribution is 2.33. The van der Waals surface area contributed by atoms with Gasteiger partial charge >= 0.3 is 0 Å². The summed E-state index contributed by atoms with van der Waals surface area (Å²) >= 11 is 0. The molecule has 1 aliphatic heterocycles. The Labute approximate surface area is 192 Å². The number of rotatable bonds is 7. The minimum absolute atomic E-state index is 0.0432. The van der Waals surface area contributed by atoms with E-state index in [0.717, 1.165) is 0 Å². The molecule has 1 atom stereocenters. The summed E-state index contributed by atoms with van der Waals surface area (Å²) in [6, 6.07) is 13.4. The molecule has 0 spiro atoms. The van der Waals surface area contributed by atoms with Gasteiger partial charge in [-0.25, -0.2) is 4.39 Å². The van der Waals surface area contributed by atoms with Crippen LogP contribution in [-0.2, 0) is 11.3 Å². The zero-order chi connectivity index (χ0) is 23.4. The van der Waals surface area contributed by atoms with Crippen LogP contribution in [0, 0.1) is 12.7 Å². The summed E-state index contributed by atoms with van der Waals surface area (Å²) in [7, 11) is 1.59. The zero-order valence-electron chi connectivity index (χ0n) is 18.9. The third-order valence-corrected chi connectivity index (χ3v) is 6.16. The van der Waals surface area contributed by atoms with Crippen molar-refractivity contribution in [2.45, 2.75) is 19.5 Å². The summed E-state index contributed by atoms with van der Waals surface area (Å²) in [5.74, 6) is -0.289. The van der Waals surface area contributed by atoms with Crippen molar-refractivity contribution in [3.63, 3.8) is 0 Å². The Morgan fingerprint density at radius 2 is 1.85 bits per heavy atom. The second kappa shape index (κ2) is 10.1. The molecule has 0 aliphatic carbocycles. The monoisotopic (exact) mass is 452 g/mol. The molecule has 0 bridgehead atoms. The zero-order valence-corrected chi connectivity index (χ0v) is 18.9. The summed E-state index contributed by atoms with van der Waals surface area (Å²) < 4.78 is 21.1. The van der Waals surface area contributed by atoms with Gasteiger partial charge in [0, 0.05) is 51.7 Å². The number of pyridine rings is 2. The van der Waals surface area contributed by atoms with Gasteiger partial charge in [-0.1, -0.05) is 18.2 Å². The molecule has 0 unspecified atom stereocenters. The molecular weight excluding hydrogens is 423 g/mol. The molecule has 4 rings (SSSR count). The summed E-state index contributed by atoms with van der Waals surface area (Å²) in [5, 5.41) is 10.9. The third kappa shape index (κ3) is 4.77. The molecule has 3 heterocycles. The maximum Gasteiger partial charge on any atom is 0.259 e. The molecule has 174 valence electrons. The van der Waals surface area contributed by atoms with E-state index in [1.54, 1.807) is 43.0 Å². The highest BCUT2D eigenvalue weighted by molar-refractivity contribution is 5.48. The van der Waals surface area contributed by atoms with Gasteiger partial charge in [-0.3, -0.25) is 14.7 Å². The second-order valence-corrected chi connectivity index (χ2v) is 8.17. The van der Waals surface area contributed by atoms with E-state index in [-0.39, 0.29) is 17.1 Å². The first-order valence-corrected chi connectivity index (χ1v) is 11.1. The van der Waals surface area contributed by atoms with Crippen molar-refractivity contribution < 1.29 is 14.2 Å². The van der Waals surface area contributed by atoms with Gasteiger partial charge in [0.15, 0.2) is 0 Å². The lowest BCUT2D eigenvalue weighted by molar-refractivity contribution is 0.183. The summed E-state index contributed by atoms with van der Waals surface area (Å²) in [6.07, 6.45) is 1.69. The van der Waals surface area contributed by atoms with E-state index in [4.69, 9.17) is 4.74 Å². The molecule has 3 aromatic rings. The molecule has 33 heavy (non-hydrogen) atoms. The fourth-order valence-electron chi connectivity index (χ4n) is 4.47. The first-order valence-electron chi connectivity index (χ1n) is 11.1. The number of halogens is 1. The molecule has 1 fully saturated rings. The Hall–Kier alpha value is -3.23. The Balaban J connectivity index is 1.70. The Kier molecular flexibility index (Phi) is 7.05. The number of methoxy groups -OCH3 is 1. The van der Waals surface area contributed by atoms with Gasteiger partial charge in [0.1, 0.15) is 11.6 Å². The number of aromatic nitrogens is 2. The first kappa shape index (κ1) is 22.9. The number of piperazine rings is 1. The van der Waals surface area contributed by atoms with Crippen molar-refractivity contribution in [3.05, 3.63) is 87.9 Å². The molecule has 2 aromatic heterocycles. The molecule has 1 aliphatic rings. The molecule has 1 N–H and O–H groups in total. The van der Waals surface area contributed by atoms with Crippen LogP contribution in [0.15, 0.2) is 59.5 Å². The smallest absolute Gasteiger partial charge is 0.259 e. The standard InChI is InChI=1S/C25H29FN4O3/c1-18-17-22(31)23(25(32)30(18)15-16-33-2)24(20-8-5-6-10-27-20)29-13-11-28(12-14-29)21-9-4-3-7-19(21)26/h3-10,17,24,31H,11-16H2,1-2H3/t24-/m1/s1. The van der Waals surface area contributed by atoms with Gasteiger partial charge in [-0.2, -0.15) is 0 Å².